The van der Waals surface area contributed by atoms with Crippen LogP contribution in [-0.4, -0.2) is 20.2 Å². The van der Waals surface area contributed by atoms with E-state index in [2.05, 4.69) is 15.4 Å². The van der Waals surface area contributed by atoms with E-state index >= 15 is 0 Å². The molecule has 0 fully saturated rings. The summed E-state index contributed by atoms with van der Waals surface area (Å²) in [5, 5.41) is 5.81. The van der Waals surface area contributed by atoms with Crippen LogP contribution in [0.2, 0.25) is 10.0 Å². The van der Waals surface area contributed by atoms with Gasteiger partial charge in [0.15, 0.2) is 0 Å². The molecule has 0 saturated heterocycles. The molecule has 2 amide bonds. The minimum atomic E-state index is -4.00. The number of rotatable bonds is 7. The quantitative estimate of drug-likeness (QED) is 0.435. The molecule has 0 unspecified atom stereocenters. The largest absolute Gasteiger partial charge is 0.326 e. The summed E-state index contributed by atoms with van der Waals surface area (Å²) in [6.45, 7) is 1.41. The van der Waals surface area contributed by atoms with Crippen molar-refractivity contribution in [3.63, 3.8) is 0 Å². The first-order valence-corrected chi connectivity index (χ1v) is 11.6. The monoisotopic (exact) mass is 491 g/mol. The lowest BCUT2D eigenvalue weighted by atomic mass is 10.1. The summed E-state index contributed by atoms with van der Waals surface area (Å²) >= 11 is 11.9. The molecule has 3 aromatic rings. The summed E-state index contributed by atoms with van der Waals surface area (Å²) in [5.74, 6) is -0.525. The van der Waals surface area contributed by atoms with Crippen LogP contribution < -0.4 is 15.4 Å². The molecule has 0 atom stereocenters. The smallest absolute Gasteiger partial charge is 0.263 e. The highest BCUT2D eigenvalue weighted by atomic mass is 35.5. The van der Waals surface area contributed by atoms with Gasteiger partial charge in [0, 0.05) is 29.0 Å². The van der Waals surface area contributed by atoms with Gasteiger partial charge in [-0.15, -0.1) is 0 Å². The average Bonchev–Trinajstić information content (AvgIpc) is 2.72. The van der Waals surface area contributed by atoms with Gasteiger partial charge in [-0.2, -0.15) is 0 Å². The number of halogens is 2. The second kappa shape index (κ2) is 10.0. The van der Waals surface area contributed by atoms with Crippen molar-refractivity contribution >= 4 is 62.1 Å². The van der Waals surface area contributed by atoms with E-state index < -0.39 is 10.0 Å². The van der Waals surface area contributed by atoms with Gasteiger partial charge in [-0.05, 0) is 60.2 Å². The van der Waals surface area contributed by atoms with Gasteiger partial charge in [0.1, 0.15) is 4.90 Å². The number of carbonyl (C=O) groups excluding carboxylic acids is 2. The SMILES string of the molecule is CC(=O)Nc1ccc(CC(=O)Nc2ccc(Cl)c(S(=O)(=O)Nc3ccc(Cl)cc3)c2)cc1. The first kappa shape index (κ1) is 23.6. The second-order valence-electron chi connectivity index (χ2n) is 6.86. The first-order valence-electron chi connectivity index (χ1n) is 9.37. The van der Waals surface area contributed by atoms with E-state index in [1.54, 1.807) is 36.4 Å². The summed E-state index contributed by atoms with van der Waals surface area (Å²) in [6, 6.07) is 17.2. The Morgan fingerprint density at radius 1 is 0.812 bits per heavy atom. The van der Waals surface area contributed by atoms with Crippen LogP contribution in [0, 0.1) is 0 Å². The van der Waals surface area contributed by atoms with E-state index in [0.717, 1.165) is 5.56 Å². The lowest BCUT2D eigenvalue weighted by Gasteiger charge is -2.12. The fraction of sp³-hybridized carbons (Fsp3) is 0.0909. The van der Waals surface area contributed by atoms with Gasteiger partial charge < -0.3 is 10.6 Å². The molecule has 0 heterocycles. The van der Waals surface area contributed by atoms with Gasteiger partial charge in [-0.3, -0.25) is 14.3 Å². The van der Waals surface area contributed by atoms with Crippen molar-refractivity contribution in [2.24, 2.45) is 0 Å². The second-order valence-corrected chi connectivity index (χ2v) is 9.36. The zero-order valence-corrected chi connectivity index (χ0v) is 19.2. The predicted molar refractivity (Wildman–Crippen MR) is 127 cm³/mol. The summed E-state index contributed by atoms with van der Waals surface area (Å²) < 4.78 is 28.0. The number of hydrogen-bond donors (Lipinski definition) is 3. The fourth-order valence-corrected chi connectivity index (χ4v) is 4.53. The van der Waals surface area contributed by atoms with E-state index in [1.165, 1.54) is 37.3 Å². The zero-order chi connectivity index (χ0) is 23.3. The molecule has 32 heavy (non-hydrogen) atoms. The number of amides is 2. The number of anilines is 3. The van der Waals surface area contributed by atoms with E-state index in [9.17, 15) is 18.0 Å². The number of carbonyl (C=O) groups is 2. The Balaban J connectivity index is 1.71. The van der Waals surface area contributed by atoms with Crippen LogP contribution in [0.25, 0.3) is 0 Å². The van der Waals surface area contributed by atoms with Gasteiger partial charge >= 0.3 is 0 Å². The fourth-order valence-electron chi connectivity index (χ4n) is 2.81. The third-order valence-corrected chi connectivity index (χ3v) is 6.35. The molecule has 0 aliphatic carbocycles. The van der Waals surface area contributed by atoms with Gasteiger partial charge in [0.05, 0.1) is 11.4 Å². The normalized spacial score (nSPS) is 11.0. The summed E-state index contributed by atoms with van der Waals surface area (Å²) in [7, 11) is -4.00. The predicted octanol–water partition coefficient (Wildman–Crippen LogP) is 4.93. The third kappa shape index (κ3) is 6.46. The van der Waals surface area contributed by atoms with E-state index in [4.69, 9.17) is 23.2 Å². The Labute approximate surface area is 195 Å². The van der Waals surface area contributed by atoms with Gasteiger partial charge in [-0.25, -0.2) is 8.42 Å². The Kier molecular flexibility index (Phi) is 7.40. The van der Waals surface area contributed by atoms with Gasteiger partial charge in [0.2, 0.25) is 11.8 Å². The summed E-state index contributed by atoms with van der Waals surface area (Å²) in [6.07, 6.45) is 0.0636. The standard InChI is InChI=1S/C22H19Cl2N3O4S/c1-14(28)25-17-6-2-15(3-7-17)12-22(29)26-19-10-11-20(24)21(13-19)32(30,31)27-18-8-4-16(23)5-9-18/h2-11,13,27H,12H2,1H3,(H,25,28)(H,26,29). The number of nitrogens with one attached hydrogen (secondary N) is 3. The van der Waals surface area contributed by atoms with E-state index in [1.807, 2.05) is 0 Å². The van der Waals surface area contributed by atoms with Crippen molar-refractivity contribution in [1.29, 1.82) is 0 Å². The van der Waals surface area contributed by atoms with Crippen molar-refractivity contribution < 1.29 is 18.0 Å². The van der Waals surface area contributed by atoms with Crippen LogP contribution in [0.1, 0.15) is 12.5 Å². The Bertz CT molecular complexity index is 1250. The molecule has 0 spiro atoms. The molecule has 10 heteroatoms. The lowest BCUT2D eigenvalue weighted by molar-refractivity contribution is -0.116. The zero-order valence-electron chi connectivity index (χ0n) is 16.9. The van der Waals surface area contributed by atoms with Crippen LogP contribution in [0.4, 0.5) is 17.1 Å². The Hall–Kier alpha value is -3.07. The Morgan fingerprint density at radius 3 is 2.03 bits per heavy atom. The number of sulfonamides is 1. The molecule has 3 rings (SSSR count). The van der Waals surface area contributed by atoms with Crippen LogP contribution in [0.5, 0.6) is 0 Å². The molecule has 7 nitrogen and oxygen atoms in total. The molecular formula is C22H19Cl2N3O4S. The first-order chi connectivity index (χ1) is 15.1. The minimum Gasteiger partial charge on any atom is -0.326 e. The maximum absolute atomic E-state index is 12.8. The van der Waals surface area contributed by atoms with Crippen molar-refractivity contribution in [3.8, 4) is 0 Å². The molecule has 3 aromatic carbocycles. The van der Waals surface area contributed by atoms with E-state index in [-0.39, 0.29) is 33.8 Å². The van der Waals surface area contributed by atoms with E-state index in [0.29, 0.717) is 16.4 Å². The molecule has 166 valence electrons. The highest BCUT2D eigenvalue weighted by Gasteiger charge is 2.19. The summed E-state index contributed by atoms with van der Waals surface area (Å²) in [5.41, 5.74) is 1.96. The minimum absolute atomic E-state index is 0.0121. The van der Waals surface area contributed by atoms with Crippen LogP contribution >= 0.6 is 23.2 Å². The number of hydrogen-bond acceptors (Lipinski definition) is 4. The van der Waals surface area contributed by atoms with Crippen molar-refractivity contribution in [2.75, 3.05) is 15.4 Å². The highest BCUT2D eigenvalue weighted by Crippen LogP contribution is 2.27. The molecule has 0 radical (unpaired) electrons. The average molecular weight is 492 g/mol. The molecule has 0 aliphatic rings. The van der Waals surface area contributed by atoms with Gasteiger partial charge in [-0.1, -0.05) is 35.3 Å². The molecule has 0 bridgehead atoms. The molecular weight excluding hydrogens is 473 g/mol. The van der Waals surface area contributed by atoms with Gasteiger partial charge in [0.25, 0.3) is 10.0 Å². The number of benzene rings is 3. The van der Waals surface area contributed by atoms with Crippen LogP contribution in [0.15, 0.2) is 71.6 Å². The molecule has 0 aliphatic heterocycles. The third-order valence-electron chi connectivity index (χ3n) is 4.24. The molecule has 0 saturated carbocycles. The van der Waals surface area contributed by atoms with Crippen LogP contribution in [-0.2, 0) is 26.0 Å². The highest BCUT2D eigenvalue weighted by molar-refractivity contribution is 7.92. The lowest BCUT2D eigenvalue weighted by Crippen LogP contribution is -2.16. The Morgan fingerprint density at radius 2 is 1.41 bits per heavy atom. The molecule has 0 aromatic heterocycles. The topological polar surface area (TPSA) is 104 Å². The summed E-state index contributed by atoms with van der Waals surface area (Å²) in [4.78, 5) is 23.3. The van der Waals surface area contributed by atoms with Crippen molar-refractivity contribution in [2.45, 2.75) is 18.2 Å². The van der Waals surface area contributed by atoms with Crippen molar-refractivity contribution in [3.05, 3.63) is 82.3 Å². The maximum Gasteiger partial charge on any atom is 0.263 e. The van der Waals surface area contributed by atoms with Crippen LogP contribution in [0.3, 0.4) is 0 Å². The maximum atomic E-state index is 12.8. The molecule has 3 N–H and O–H groups in total. The van der Waals surface area contributed by atoms with Crippen molar-refractivity contribution in [1.82, 2.24) is 0 Å².